The SMILES string of the molecule is O=C(Nc1cccc(Cl)c1Cl)C(O)(c1ccccc1)c1ccccc1. The third-order valence-electron chi connectivity index (χ3n) is 3.91. The monoisotopic (exact) mass is 371 g/mol. The van der Waals surface area contributed by atoms with Gasteiger partial charge in [0.25, 0.3) is 5.91 Å². The Balaban J connectivity index is 2.06. The lowest BCUT2D eigenvalue weighted by molar-refractivity contribution is -0.131. The molecule has 0 aliphatic carbocycles. The Kier molecular flexibility index (Phi) is 5.09. The fourth-order valence-electron chi connectivity index (χ4n) is 2.60. The third-order valence-corrected chi connectivity index (χ3v) is 4.73. The summed E-state index contributed by atoms with van der Waals surface area (Å²) in [4.78, 5) is 13.0. The Labute approximate surface area is 155 Å². The largest absolute Gasteiger partial charge is 0.372 e. The normalized spacial score (nSPS) is 11.2. The Hall–Kier alpha value is -2.33. The van der Waals surface area contributed by atoms with Gasteiger partial charge < -0.3 is 10.4 Å². The summed E-state index contributed by atoms with van der Waals surface area (Å²) in [7, 11) is 0. The predicted molar refractivity (Wildman–Crippen MR) is 101 cm³/mol. The van der Waals surface area contributed by atoms with E-state index in [0.717, 1.165) is 0 Å². The van der Waals surface area contributed by atoms with Crippen LogP contribution in [0.15, 0.2) is 78.9 Å². The minimum absolute atomic E-state index is 0.223. The topological polar surface area (TPSA) is 49.3 Å². The van der Waals surface area contributed by atoms with Crippen molar-refractivity contribution in [3.8, 4) is 0 Å². The van der Waals surface area contributed by atoms with E-state index in [1.54, 1.807) is 66.7 Å². The average Bonchev–Trinajstić information content (AvgIpc) is 2.66. The van der Waals surface area contributed by atoms with Crippen LogP contribution in [0.3, 0.4) is 0 Å². The molecule has 126 valence electrons. The molecular formula is C20H15Cl2NO2. The number of aliphatic hydroxyl groups is 1. The van der Waals surface area contributed by atoms with Crippen molar-refractivity contribution in [3.05, 3.63) is 100 Å². The van der Waals surface area contributed by atoms with E-state index in [0.29, 0.717) is 21.8 Å². The van der Waals surface area contributed by atoms with Crippen molar-refractivity contribution in [2.45, 2.75) is 5.60 Å². The lowest BCUT2D eigenvalue weighted by Crippen LogP contribution is -2.41. The highest BCUT2D eigenvalue weighted by atomic mass is 35.5. The van der Waals surface area contributed by atoms with E-state index < -0.39 is 11.5 Å². The highest BCUT2D eigenvalue weighted by molar-refractivity contribution is 6.44. The minimum atomic E-state index is -1.87. The zero-order chi connectivity index (χ0) is 17.9. The molecule has 0 atom stereocenters. The fraction of sp³-hybridized carbons (Fsp3) is 0.0500. The van der Waals surface area contributed by atoms with E-state index in [9.17, 15) is 9.90 Å². The van der Waals surface area contributed by atoms with Gasteiger partial charge in [-0.3, -0.25) is 4.79 Å². The second kappa shape index (κ2) is 7.28. The summed E-state index contributed by atoms with van der Waals surface area (Å²) in [5.74, 6) is -0.617. The second-order valence-electron chi connectivity index (χ2n) is 5.50. The van der Waals surface area contributed by atoms with E-state index in [4.69, 9.17) is 23.2 Å². The molecule has 0 heterocycles. The molecule has 0 aromatic heterocycles. The Morgan fingerprint density at radius 1 is 0.800 bits per heavy atom. The van der Waals surface area contributed by atoms with Crippen molar-refractivity contribution in [2.24, 2.45) is 0 Å². The van der Waals surface area contributed by atoms with E-state index in [1.807, 2.05) is 12.1 Å². The second-order valence-corrected chi connectivity index (χ2v) is 6.28. The number of hydrogen-bond acceptors (Lipinski definition) is 2. The quantitative estimate of drug-likeness (QED) is 0.687. The molecule has 3 nitrogen and oxygen atoms in total. The lowest BCUT2D eigenvalue weighted by Gasteiger charge is -2.28. The first-order chi connectivity index (χ1) is 12.0. The van der Waals surface area contributed by atoms with Crippen LogP contribution in [0.25, 0.3) is 0 Å². The highest BCUT2D eigenvalue weighted by Gasteiger charge is 2.40. The van der Waals surface area contributed by atoms with Gasteiger partial charge in [-0.2, -0.15) is 0 Å². The van der Waals surface area contributed by atoms with Gasteiger partial charge in [0.15, 0.2) is 5.60 Å². The van der Waals surface area contributed by atoms with Crippen LogP contribution < -0.4 is 5.32 Å². The van der Waals surface area contributed by atoms with E-state index >= 15 is 0 Å². The van der Waals surface area contributed by atoms with Gasteiger partial charge >= 0.3 is 0 Å². The van der Waals surface area contributed by atoms with Gasteiger partial charge in [-0.05, 0) is 23.3 Å². The van der Waals surface area contributed by atoms with E-state index in [2.05, 4.69) is 5.32 Å². The summed E-state index contributed by atoms with van der Waals surface area (Å²) in [5, 5.41) is 14.6. The number of anilines is 1. The molecule has 25 heavy (non-hydrogen) atoms. The molecule has 0 bridgehead atoms. The average molecular weight is 372 g/mol. The zero-order valence-electron chi connectivity index (χ0n) is 13.1. The summed E-state index contributed by atoms with van der Waals surface area (Å²) in [6, 6.07) is 22.4. The summed E-state index contributed by atoms with van der Waals surface area (Å²) in [6.07, 6.45) is 0. The molecule has 5 heteroatoms. The smallest absolute Gasteiger partial charge is 0.265 e. The number of amides is 1. The number of nitrogens with one attached hydrogen (secondary N) is 1. The van der Waals surface area contributed by atoms with Crippen molar-refractivity contribution in [2.75, 3.05) is 5.32 Å². The summed E-state index contributed by atoms with van der Waals surface area (Å²) >= 11 is 12.2. The molecule has 0 aliphatic heterocycles. The first-order valence-corrected chi connectivity index (χ1v) is 8.38. The minimum Gasteiger partial charge on any atom is -0.372 e. The zero-order valence-corrected chi connectivity index (χ0v) is 14.6. The van der Waals surface area contributed by atoms with Crippen LogP contribution in [0.5, 0.6) is 0 Å². The molecular weight excluding hydrogens is 357 g/mol. The molecule has 0 radical (unpaired) electrons. The molecule has 2 N–H and O–H groups in total. The Bertz CT molecular complexity index is 843. The number of benzene rings is 3. The summed E-state index contributed by atoms with van der Waals surface area (Å²) in [5.41, 5.74) is -0.619. The van der Waals surface area contributed by atoms with Gasteiger partial charge in [0.05, 0.1) is 15.7 Å². The molecule has 3 aromatic carbocycles. The number of rotatable bonds is 4. The Morgan fingerprint density at radius 2 is 1.32 bits per heavy atom. The van der Waals surface area contributed by atoms with Crippen LogP contribution in [-0.2, 0) is 10.4 Å². The van der Waals surface area contributed by atoms with Crippen molar-refractivity contribution >= 4 is 34.8 Å². The predicted octanol–water partition coefficient (Wildman–Crippen LogP) is 4.87. The molecule has 3 aromatic rings. The Morgan fingerprint density at radius 3 is 1.84 bits per heavy atom. The number of halogens is 2. The van der Waals surface area contributed by atoms with E-state index in [1.165, 1.54) is 0 Å². The third kappa shape index (κ3) is 3.40. The molecule has 0 saturated carbocycles. The van der Waals surface area contributed by atoms with Gasteiger partial charge in [0, 0.05) is 0 Å². The molecule has 0 aliphatic rings. The maximum atomic E-state index is 13.0. The van der Waals surface area contributed by atoms with Crippen LogP contribution in [-0.4, -0.2) is 11.0 Å². The first-order valence-electron chi connectivity index (χ1n) is 7.62. The number of hydrogen-bond donors (Lipinski definition) is 2. The molecule has 0 saturated heterocycles. The van der Waals surface area contributed by atoms with Gasteiger partial charge in [0.1, 0.15) is 0 Å². The van der Waals surface area contributed by atoms with E-state index in [-0.39, 0.29) is 5.02 Å². The van der Waals surface area contributed by atoms with Crippen molar-refractivity contribution in [1.82, 2.24) is 0 Å². The van der Waals surface area contributed by atoms with Gasteiger partial charge in [-0.15, -0.1) is 0 Å². The fourth-order valence-corrected chi connectivity index (χ4v) is 2.95. The van der Waals surface area contributed by atoms with Gasteiger partial charge in [-0.1, -0.05) is 89.9 Å². The van der Waals surface area contributed by atoms with Crippen molar-refractivity contribution in [1.29, 1.82) is 0 Å². The number of carbonyl (C=O) groups is 1. The molecule has 3 rings (SSSR count). The first kappa shape index (κ1) is 17.5. The molecule has 0 unspecified atom stereocenters. The van der Waals surface area contributed by atoms with Crippen LogP contribution in [0.2, 0.25) is 10.0 Å². The summed E-state index contributed by atoms with van der Waals surface area (Å²) < 4.78 is 0. The van der Waals surface area contributed by atoms with Crippen LogP contribution >= 0.6 is 23.2 Å². The van der Waals surface area contributed by atoms with Crippen LogP contribution in [0, 0.1) is 0 Å². The number of carbonyl (C=O) groups excluding carboxylic acids is 1. The standard InChI is InChI=1S/C20H15Cl2NO2/c21-16-12-7-13-17(18(16)22)23-19(24)20(25,14-8-3-1-4-9-14)15-10-5-2-6-11-15/h1-13,25H,(H,23,24). The van der Waals surface area contributed by atoms with Gasteiger partial charge in [-0.25, -0.2) is 0 Å². The van der Waals surface area contributed by atoms with Crippen LogP contribution in [0.1, 0.15) is 11.1 Å². The molecule has 0 fully saturated rings. The molecule has 0 spiro atoms. The van der Waals surface area contributed by atoms with Gasteiger partial charge in [0.2, 0.25) is 0 Å². The maximum Gasteiger partial charge on any atom is 0.265 e. The van der Waals surface area contributed by atoms with Crippen LogP contribution in [0.4, 0.5) is 5.69 Å². The maximum absolute atomic E-state index is 13.0. The molecule has 1 amide bonds. The highest BCUT2D eigenvalue weighted by Crippen LogP contribution is 2.34. The van der Waals surface area contributed by atoms with Crippen molar-refractivity contribution in [3.63, 3.8) is 0 Å². The lowest BCUT2D eigenvalue weighted by atomic mass is 9.85. The summed E-state index contributed by atoms with van der Waals surface area (Å²) in [6.45, 7) is 0. The van der Waals surface area contributed by atoms with Crippen molar-refractivity contribution < 1.29 is 9.90 Å².